The van der Waals surface area contributed by atoms with Gasteiger partial charge >= 0.3 is 0 Å². The molecule has 0 spiro atoms. The number of hydrogen-bond donors (Lipinski definition) is 1. The molecule has 0 atom stereocenters. The van der Waals surface area contributed by atoms with E-state index in [4.69, 9.17) is 0 Å². The molecule has 7 nitrogen and oxygen atoms in total. The number of benzene rings is 2. The molecule has 2 aromatic rings. The van der Waals surface area contributed by atoms with Crippen LogP contribution in [0.2, 0.25) is 0 Å². The quantitative estimate of drug-likeness (QED) is 0.673. The molecular formula is C17H19N5O2. The normalized spacial score (nSPS) is 16.8. The minimum absolute atomic E-state index is 0.299. The third-order valence-electron chi connectivity index (χ3n) is 3.77. The van der Waals surface area contributed by atoms with Gasteiger partial charge in [0.25, 0.3) is 5.96 Å². The fourth-order valence-corrected chi connectivity index (χ4v) is 2.70. The van der Waals surface area contributed by atoms with Crippen LogP contribution in [0.3, 0.4) is 0 Å². The largest absolute Gasteiger partial charge is 0.338 e. The summed E-state index contributed by atoms with van der Waals surface area (Å²) < 4.78 is 0. The van der Waals surface area contributed by atoms with Crippen molar-refractivity contribution in [2.45, 2.75) is 13.1 Å². The summed E-state index contributed by atoms with van der Waals surface area (Å²) >= 11 is 0. The number of nitrogens with one attached hydrogen (secondary N) is 1. The first-order valence-electron chi connectivity index (χ1n) is 7.73. The molecule has 0 bridgehead atoms. The molecule has 0 saturated carbocycles. The van der Waals surface area contributed by atoms with Gasteiger partial charge in [-0.2, -0.15) is 0 Å². The van der Waals surface area contributed by atoms with E-state index in [2.05, 4.69) is 27.5 Å². The van der Waals surface area contributed by atoms with Crippen LogP contribution in [0, 0.1) is 10.1 Å². The Morgan fingerprint density at radius 3 is 2.17 bits per heavy atom. The third-order valence-corrected chi connectivity index (χ3v) is 3.77. The maximum absolute atomic E-state index is 10.8. The van der Waals surface area contributed by atoms with Gasteiger partial charge in [0.1, 0.15) is 5.10 Å². The molecule has 2 aromatic carbocycles. The van der Waals surface area contributed by atoms with E-state index in [0.29, 0.717) is 25.8 Å². The lowest BCUT2D eigenvalue weighted by molar-refractivity contribution is -0.486. The van der Waals surface area contributed by atoms with Crippen molar-refractivity contribution in [3.8, 4) is 0 Å². The van der Waals surface area contributed by atoms with Crippen LogP contribution in [0.25, 0.3) is 0 Å². The molecule has 1 fully saturated rings. The van der Waals surface area contributed by atoms with E-state index in [9.17, 15) is 10.1 Å². The lowest BCUT2D eigenvalue weighted by Crippen LogP contribution is -2.56. The highest BCUT2D eigenvalue weighted by atomic mass is 16.7. The van der Waals surface area contributed by atoms with E-state index in [1.165, 1.54) is 5.56 Å². The van der Waals surface area contributed by atoms with Gasteiger partial charge in [0.15, 0.2) is 5.03 Å². The number of nitro groups is 1. The van der Waals surface area contributed by atoms with E-state index in [0.717, 1.165) is 12.1 Å². The Morgan fingerprint density at radius 2 is 1.58 bits per heavy atom. The Hall–Kier alpha value is -2.93. The number of rotatable bonds is 5. The fourth-order valence-electron chi connectivity index (χ4n) is 2.70. The molecule has 124 valence electrons. The molecule has 1 heterocycles. The Bertz CT molecular complexity index is 705. The first kappa shape index (κ1) is 15.9. The van der Waals surface area contributed by atoms with Crippen molar-refractivity contribution in [1.82, 2.24) is 15.1 Å². The van der Waals surface area contributed by atoms with Gasteiger partial charge in [-0.15, -0.1) is 0 Å². The van der Waals surface area contributed by atoms with Crippen LogP contribution in [0.5, 0.6) is 0 Å². The summed E-state index contributed by atoms with van der Waals surface area (Å²) in [6.45, 7) is 2.42. The first-order valence-corrected chi connectivity index (χ1v) is 7.73. The predicted octanol–water partition coefficient (Wildman–Crippen LogP) is 2.06. The van der Waals surface area contributed by atoms with Gasteiger partial charge in [-0.1, -0.05) is 60.7 Å². The van der Waals surface area contributed by atoms with Crippen LogP contribution in [0.1, 0.15) is 11.1 Å². The molecule has 0 radical (unpaired) electrons. The standard InChI is InChI=1S/C17H19N5O2/c23-22(24)19-17-18-13-20(11-15-7-3-1-4-8-15)14-21(17)12-16-9-5-2-6-10-16/h1-10H,11-14H2,(H,18,19). The minimum Gasteiger partial charge on any atom is -0.338 e. The summed E-state index contributed by atoms with van der Waals surface area (Å²) in [7, 11) is 0. The van der Waals surface area contributed by atoms with Crippen molar-refractivity contribution in [3.05, 3.63) is 81.9 Å². The van der Waals surface area contributed by atoms with Crippen molar-refractivity contribution in [1.29, 1.82) is 0 Å². The van der Waals surface area contributed by atoms with Crippen molar-refractivity contribution < 1.29 is 5.03 Å². The summed E-state index contributed by atoms with van der Waals surface area (Å²) in [6, 6.07) is 20.0. The fraction of sp³-hybridized carbons (Fsp3) is 0.235. The Labute approximate surface area is 140 Å². The lowest BCUT2D eigenvalue weighted by Gasteiger charge is -2.37. The molecule has 7 heteroatoms. The number of hydrazone groups is 1. The zero-order valence-corrected chi connectivity index (χ0v) is 13.2. The maximum atomic E-state index is 10.8. The second kappa shape index (κ2) is 7.56. The Kier molecular flexibility index (Phi) is 5.02. The van der Waals surface area contributed by atoms with Crippen molar-refractivity contribution in [2.75, 3.05) is 13.3 Å². The van der Waals surface area contributed by atoms with Gasteiger partial charge in [-0.3, -0.25) is 4.90 Å². The molecule has 1 aliphatic rings. The van der Waals surface area contributed by atoms with E-state index < -0.39 is 5.03 Å². The second-order valence-electron chi connectivity index (χ2n) is 5.64. The van der Waals surface area contributed by atoms with Crippen LogP contribution >= 0.6 is 0 Å². The number of guanidine groups is 1. The van der Waals surface area contributed by atoms with E-state index in [1.54, 1.807) is 0 Å². The van der Waals surface area contributed by atoms with Crippen LogP contribution in [0.4, 0.5) is 0 Å². The smallest absolute Gasteiger partial charge is 0.273 e. The molecule has 3 rings (SSSR count). The second-order valence-corrected chi connectivity index (χ2v) is 5.64. The highest BCUT2D eigenvalue weighted by Gasteiger charge is 2.24. The molecule has 0 unspecified atom stereocenters. The lowest BCUT2D eigenvalue weighted by atomic mass is 10.2. The average molecular weight is 325 g/mol. The molecule has 0 amide bonds. The van der Waals surface area contributed by atoms with Crippen LogP contribution in [0.15, 0.2) is 65.8 Å². The molecular weight excluding hydrogens is 306 g/mol. The highest BCUT2D eigenvalue weighted by Crippen LogP contribution is 2.12. The Balaban J connectivity index is 1.73. The van der Waals surface area contributed by atoms with Crippen LogP contribution < -0.4 is 5.32 Å². The topological polar surface area (TPSA) is 74.0 Å². The third kappa shape index (κ3) is 4.30. The van der Waals surface area contributed by atoms with Crippen molar-refractivity contribution in [2.24, 2.45) is 5.10 Å². The van der Waals surface area contributed by atoms with Gasteiger partial charge in [0.2, 0.25) is 0 Å². The molecule has 1 N–H and O–H groups in total. The summed E-state index contributed by atoms with van der Waals surface area (Å²) in [4.78, 5) is 14.8. The predicted molar refractivity (Wildman–Crippen MR) is 91.3 cm³/mol. The van der Waals surface area contributed by atoms with Gasteiger partial charge in [-0.25, -0.2) is 10.1 Å². The molecule has 0 aliphatic carbocycles. The van der Waals surface area contributed by atoms with Crippen LogP contribution in [-0.2, 0) is 13.1 Å². The summed E-state index contributed by atoms with van der Waals surface area (Å²) in [5, 5.41) is 16.7. The van der Waals surface area contributed by atoms with E-state index in [-0.39, 0.29) is 0 Å². The SMILES string of the molecule is O=[N+]([O-])N=C1NCN(Cc2ccccc2)CN1Cc1ccccc1. The van der Waals surface area contributed by atoms with Gasteiger partial charge in [0.05, 0.1) is 13.3 Å². The van der Waals surface area contributed by atoms with Gasteiger partial charge < -0.3 is 10.2 Å². The van der Waals surface area contributed by atoms with Gasteiger partial charge in [-0.05, 0) is 11.1 Å². The van der Waals surface area contributed by atoms with E-state index in [1.807, 2.05) is 53.4 Å². The zero-order chi connectivity index (χ0) is 16.8. The maximum Gasteiger partial charge on any atom is 0.273 e. The minimum atomic E-state index is -0.660. The Morgan fingerprint density at radius 1 is 1.00 bits per heavy atom. The first-order chi connectivity index (χ1) is 11.7. The van der Waals surface area contributed by atoms with Crippen molar-refractivity contribution >= 4 is 5.96 Å². The van der Waals surface area contributed by atoms with Gasteiger partial charge in [0, 0.05) is 13.1 Å². The molecule has 1 aliphatic heterocycles. The summed E-state index contributed by atoms with van der Waals surface area (Å²) in [5.74, 6) is 0.299. The number of nitrogens with zero attached hydrogens (tertiary/aromatic N) is 4. The van der Waals surface area contributed by atoms with E-state index >= 15 is 0 Å². The molecule has 24 heavy (non-hydrogen) atoms. The van der Waals surface area contributed by atoms with Crippen molar-refractivity contribution in [3.63, 3.8) is 0 Å². The van der Waals surface area contributed by atoms with Crippen LogP contribution in [-0.4, -0.2) is 34.1 Å². The summed E-state index contributed by atoms with van der Waals surface area (Å²) in [5.41, 5.74) is 2.28. The average Bonchev–Trinajstić information content (AvgIpc) is 2.59. The molecule has 1 saturated heterocycles. The monoisotopic (exact) mass is 325 g/mol. The highest BCUT2D eigenvalue weighted by molar-refractivity contribution is 5.79. The molecule has 0 aromatic heterocycles. The summed E-state index contributed by atoms with van der Waals surface area (Å²) in [6.07, 6.45) is 0. The number of hydrogen-bond acceptors (Lipinski definition) is 3. The zero-order valence-electron chi connectivity index (χ0n) is 13.2.